The van der Waals surface area contributed by atoms with Crippen molar-refractivity contribution in [2.75, 3.05) is 26.5 Å². The van der Waals surface area contributed by atoms with Crippen molar-refractivity contribution in [3.8, 4) is 0 Å². The van der Waals surface area contributed by atoms with Crippen LogP contribution in [-0.2, 0) is 16.1 Å². The zero-order chi connectivity index (χ0) is 14.1. The van der Waals surface area contributed by atoms with Crippen LogP contribution in [0.2, 0.25) is 0 Å². The number of carbonyl (C=O) groups excluding carboxylic acids is 1. The third kappa shape index (κ3) is 6.09. The SMILES string of the molecule is COCCNC(=O)C(C)NCc1ccc(SC)cc1. The van der Waals surface area contributed by atoms with E-state index >= 15 is 0 Å². The molecule has 0 spiro atoms. The number of nitrogens with one attached hydrogen (secondary N) is 2. The van der Waals surface area contributed by atoms with Gasteiger partial charge in [-0.3, -0.25) is 4.79 Å². The van der Waals surface area contributed by atoms with Crippen molar-refractivity contribution in [3.63, 3.8) is 0 Å². The van der Waals surface area contributed by atoms with E-state index in [9.17, 15) is 4.79 Å². The summed E-state index contributed by atoms with van der Waals surface area (Å²) >= 11 is 1.72. The van der Waals surface area contributed by atoms with E-state index in [0.29, 0.717) is 19.7 Å². The highest BCUT2D eigenvalue weighted by molar-refractivity contribution is 7.98. The molecule has 0 fully saturated rings. The predicted octanol–water partition coefficient (Wildman–Crippen LogP) is 1.65. The van der Waals surface area contributed by atoms with E-state index in [1.165, 1.54) is 10.5 Å². The molecule has 19 heavy (non-hydrogen) atoms. The summed E-state index contributed by atoms with van der Waals surface area (Å²) in [5, 5.41) is 6.01. The molecule has 0 radical (unpaired) electrons. The Balaban J connectivity index is 2.32. The molecule has 1 atom stereocenters. The number of thioether (sulfide) groups is 1. The van der Waals surface area contributed by atoms with Gasteiger partial charge < -0.3 is 15.4 Å². The molecule has 0 aliphatic carbocycles. The fraction of sp³-hybridized carbons (Fsp3) is 0.500. The number of amides is 1. The largest absolute Gasteiger partial charge is 0.383 e. The van der Waals surface area contributed by atoms with Gasteiger partial charge in [-0.05, 0) is 30.9 Å². The van der Waals surface area contributed by atoms with Gasteiger partial charge in [0.15, 0.2) is 0 Å². The lowest BCUT2D eigenvalue weighted by molar-refractivity contribution is -0.122. The fourth-order valence-corrected chi connectivity index (χ4v) is 1.94. The first-order chi connectivity index (χ1) is 9.17. The maximum Gasteiger partial charge on any atom is 0.236 e. The van der Waals surface area contributed by atoms with Crippen LogP contribution in [0.4, 0.5) is 0 Å². The molecule has 0 aliphatic rings. The number of rotatable bonds is 8. The number of methoxy groups -OCH3 is 1. The van der Waals surface area contributed by atoms with Crippen molar-refractivity contribution in [2.45, 2.75) is 24.4 Å². The highest BCUT2D eigenvalue weighted by Crippen LogP contribution is 2.14. The van der Waals surface area contributed by atoms with Crippen LogP contribution in [0.5, 0.6) is 0 Å². The second-order valence-electron chi connectivity index (χ2n) is 4.23. The fourth-order valence-electron chi connectivity index (χ4n) is 1.54. The van der Waals surface area contributed by atoms with Gasteiger partial charge in [-0.2, -0.15) is 0 Å². The van der Waals surface area contributed by atoms with E-state index in [2.05, 4.69) is 41.2 Å². The van der Waals surface area contributed by atoms with Crippen molar-refractivity contribution in [1.82, 2.24) is 10.6 Å². The normalized spacial score (nSPS) is 12.2. The highest BCUT2D eigenvalue weighted by Gasteiger charge is 2.10. The smallest absolute Gasteiger partial charge is 0.236 e. The second-order valence-corrected chi connectivity index (χ2v) is 5.11. The lowest BCUT2D eigenvalue weighted by Gasteiger charge is -2.14. The molecule has 1 unspecified atom stereocenters. The van der Waals surface area contributed by atoms with E-state index in [0.717, 1.165) is 0 Å². The molecule has 5 heteroatoms. The van der Waals surface area contributed by atoms with Crippen molar-refractivity contribution in [2.24, 2.45) is 0 Å². The summed E-state index contributed by atoms with van der Waals surface area (Å²) in [4.78, 5) is 13.0. The van der Waals surface area contributed by atoms with Gasteiger partial charge in [-0.1, -0.05) is 12.1 Å². The Morgan fingerprint density at radius 1 is 1.37 bits per heavy atom. The molecule has 1 rings (SSSR count). The average Bonchev–Trinajstić information content (AvgIpc) is 2.45. The molecule has 1 aromatic carbocycles. The molecular formula is C14H22N2O2S. The summed E-state index contributed by atoms with van der Waals surface area (Å²) in [6, 6.07) is 8.12. The van der Waals surface area contributed by atoms with Crippen molar-refractivity contribution in [1.29, 1.82) is 0 Å². The van der Waals surface area contributed by atoms with Gasteiger partial charge >= 0.3 is 0 Å². The average molecular weight is 282 g/mol. The summed E-state index contributed by atoms with van der Waals surface area (Å²) in [6.45, 7) is 3.63. The molecule has 0 heterocycles. The van der Waals surface area contributed by atoms with Crippen molar-refractivity contribution >= 4 is 17.7 Å². The van der Waals surface area contributed by atoms with E-state index < -0.39 is 0 Å². The minimum Gasteiger partial charge on any atom is -0.383 e. The molecule has 0 aliphatic heterocycles. The molecule has 106 valence electrons. The maximum absolute atomic E-state index is 11.7. The van der Waals surface area contributed by atoms with Gasteiger partial charge in [0.2, 0.25) is 5.91 Å². The molecule has 1 aromatic rings. The Hall–Kier alpha value is -1.04. The number of hydrogen-bond donors (Lipinski definition) is 2. The molecule has 0 bridgehead atoms. The lowest BCUT2D eigenvalue weighted by Crippen LogP contribution is -2.42. The van der Waals surface area contributed by atoms with Gasteiger partial charge in [0.05, 0.1) is 12.6 Å². The Morgan fingerprint density at radius 3 is 2.63 bits per heavy atom. The first kappa shape index (κ1) is 16.0. The van der Waals surface area contributed by atoms with Gasteiger partial charge in [0.25, 0.3) is 0 Å². The quantitative estimate of drug-likeness (QED) is 0.562. The standard InChI is InChI=1S/C14H22N2O2S/c1-11(14(17)15-8-9-18-2)16-10-12-4-6-13(19-3)7-5-12/h4-7,11,16H,8-10H2,1-3H3,(H,15,17). The third-order valence-corrected chi connectivity index (χ3v) is 3.51. The minimum atomic E-state index is -0.211. The number of hydrogen-bond acceptors (Lipinski definition) is 4. The molecule has 4 nitrogen and oxygen atoms in total. The highest BCUT2D eigenvalue weighted by atomic mass is 32.2. The van der Waals surface area contributed by atoms with Crippen molar-refractivity contribution in [3.05, 3.63) is 29.8 Å². The summed E-state index contributed by atoms with van der Waals surface area (Å²) in [5.41, 5.74) is 1.18. The second kappa shape index (κ2) is 8.96. The maximum atomic E-state index is 11.7. The minimum absolute atomic E-state index is 0.00205. The van der Waals surface area contributed by atoms with Crippen LogP contribution in [0.3, 0.4) is 0 Å². The molecule has 0 aromatic heterocycles. The third-order valence-electron chi connectivity index (χ3n) is 2.77. The summed E-state index contributed by atoms with van der Waals surface area (Å²) in [7, 11) is 1.62. The van der Waals surface area contributed by atoms with E-state index in [4.69, 9.17) is 4.74 Å². The number of ether oxygens (including phenoxy) is 1. The predicted molar refractivity (Wildman–Crippen MR) is 79.4 cm³/mol. The zero-order valence-electron chi connectivity index (χ0n) is 11.7. The van der Waals surface area contributed by atoms with Gasteiger partial charge in [0, 0.05) is 25.1 Å². The van der Waals surface area contributed by atoms with Crippen LogP contribution in [0.25, 0.3) is 0 Å². The van der Waals surface area contributed by atoms with E-state index in [1.807, 2.05) is 6.92 Å². The topological polar surface area (TPSA) is 50.4 Å². The van der Waals surface area contributed by atoms with Gasteiger partial charge in [0.1, 0.15) is 0 Å². The molecule has 0 saturated carbocycles. The zero-order valence-corrected chi connectivity index (χ0v) is 12.5. The van der Waals surface area contributed by atoms with E-state index in [1.54, 1.807) is 18.9 Å². The lowest BCUT2D eigenvalue weighted by atomic mass is 10.2. The van der Waals surface area contributed by atoms with Crippen LogP contribution in [0, 0.1) is 0 Å². The summed E-state index contributed by atoms with van der Waals surface area (Å²) < 4.78 is 4.89. The van der Waals surface area contributed by atoms with Crippen LogP contribution < -0.4 is 10.6 Å². The van der Waals surface area contributed by atoms with Crippen molar-refractivity contribution < 1.29 is 9.53 Å². The van der Waals surface area contributed by atoms with Gasteiger partial charge in [-0.15, -0.1) is 11.8 Å². The van der Waals surface area contributed by atoms with E-state index in [-0.39, 0.29) is 11.9 Å². The van der Waals surface area contributed by atoms with Crippen LogP contribution in [-0.4, -0.2) is 38.5 Å². The summed E-state index contributed by atoms with van der Waals surface area (Å²) in [5.74, 6) is -0.00205. The molecule has 0 saturated heterocycles. The van der Waals surface area contributed by atoms with Gasteiger partial charge in [-0.25, -0.2) is 0 Å². The Kier molecular flexibility index (Phi) is 7.55. The first-order valence-electron chi connectivity index (χ1n) is 6.30. The Labute approximate surface area is 119 Å². The molecule has 2 N–H and O–H groups in total. The Bertz CT molecular complexity index is 382. The number of benzene rings is 1. The molecule has 1 amide bonds. The van der Waals surface area contributed by atoms with Crippen LogP contribution >= 0.6 is 11.8 Å². The van der Waals surface area contributed by atoms with Crippen LogP contribution in [0.15, 0.2) is 29.2 Å². The monoisotopic (exact) mass is 282 g/mol. The number of carbonyl (C=O) groups is 1. The summed E-state index contributed by atoms with van der Waals surface area (Å²) in [6.07, 6.45) is 2.06. The Morgan fingerprint density at radius 2 is 2.05 bits per heavy atom. The van der Waals surface area contributed by atoms with Crippen LogP contribution in [0.1, 0.15) is 12.5 Å². The first-order valence-corrected chi connectivity index (χ1v) is 7.52. The molecular weight excluding hydrogens is 260 g/mol.